The molecule has 1 atom stereocenters. The Bertz CT molecular complexity index is 827. The minimum absolute atomic E-state index is 0.141. The van der Waals surface area contributed by atoms with E-state index >= 15 is 0 Å². The summed E-state index contributed by atoms with van der Waals surface area (Å²) in [6.45, 7) is 5.15. The molecule has 4 rings (SSSR count). The second-order valence-electron chi connectivity index (χ2n) is 5.73. The summed E-state index contributed by atoms with van der Waals surface area (Å²) in [5, 5.41) is 5.32. The van der Waals surface area contributed by atoms with E-state index in [4.69, 9.17) is 4.52 Å². The molecule has 4 heterocycles. The third kappa shape index (κ3) is 2.49. The maximum absolute atomic E-state index is 5.30. The molecule has 0 aromatic carbocycles. The van der Waals surface area contributed by atoms with E-state index in [1.807, 2.05) is 6.92 Å². The maximum Gasteiger partial charge on any atom is 0.226 e. The van der Waals surface area contributed by atoms with Crippen molar-refractivity contribution in [1.82, 2.24) is 20.1 Å². The van der Waals surface area contributed by atoms with E-state index in [-0.39, 0.29) is 6.04 Å². The van der Waals surface area contributed by atoms with Gasteiger partial charge in [0, 0.05) is 17.8 Å². The van der Waals surface area contributed by atoms with E-state index in [2.05, 4.69) is 38.0 Å². The van der Waals surface area contributed by atoms with Gasteiger partial charge in [-0.25, -0.2) is 9.97 Å². The standard InChI is InChI=1S/C16H19N5OS/c1-3-10-8-11-15(17-9-18-16(11)23-10)21-7-5-6-12(21)14-19-13(4-2)22-20-14/h8-9,12H,3-7H2,1-2H3. The van der Waals surface area contributed by atoms with Gasteiger partial charge in [-0.05, 0) is 25.3 Å². The molecule has 1 aliphatic heterocycles. The minimum Gasteiger partial charge on any atom is -0.346 e. The largest absolute Gasteiger partial charge is 0.346 e. The molecule has 0 spiro atoms. The third-order valence-electron chi connectivity index (χ3n) is 4.32. The lowest BCUT2D eigenvalue weighted by Gasteiger charge is -2.23. The highest BCUT2D eigenvalue weighted by molar-refractivity contribution is 7.18. The molecule has 1 aliphatic rings. The zero-order valence-corrected chi connectivity index (χ0v) is 14.1. The Morgan fingerprint density at radius 2 is 2.22 bits per heavy atom. The molecule has 3 aromatic heterocycles. The Hall–Kier alpha value is -2.02. The molecule has 3 aromatic rings. The Labute approximate surface area is 138 Å². The minimum atomic E-state index is 0.141. The van der Waals surface area contributed by atoms with Crippen LogP contribution in [0.4, 0.5) is 5.82 Å². The number of nitrogens with zero attached hydrogens (tertiary/aromatic N) is 5. The molecule has 0 amide bonds. The van der Waals surface area contributed by atoms with E-state index in [1.165, 1.54) is 4.88 Å². The molecule has 0 bridgehead atoms. The smallest absolute Gasteiger partial charge is 0.226 e. The average molecular weight is 329 g/mol. The van der Waals surface area contributed by atoms with Crippen molar-refractivity contribution in [2.24, 2.45) is 0 Å². The molecule has 0 radical (unpaired) electrons. The lowest BCUT2D eigenvalue weighted by molar-refractivity contribution is 0.373. The van der Waals surface area contributed by atoms with Crippen molar-refractivity contribution in [2.75, 3.05) is 11.4 Å². The van der Waals surface area contributed by atoms with Gasteiger partial charge in [-0.3, -0.25) is 0 Å². The van der Waals surface area contributed by atoms with Crippen molar-refractivity contribution >= 4 is 27.4 Å². The van der Waals surface area contributed by atoms with Crippen molar-refractivity contribution in [1.29, 1.82) is 0 Å². The number of thiophene rings is 1. The first-order valence-electron chi connectivity index (χ1n) is 8.12. The molecule has 0 N–H and O–H groups in total. The first-order valence-corrected chi connectivity index (χ1v) is 8.94. The number of hydrogen-bond donors (Lipinski definition) is 0. The van der Waals surface area contributed by atoms with Crippen LogP contribution in [-0.4, -0.2) is 26.7 Å². The molecular weight excluding hydrogens is 310 g/mol. The average Bonchev–Trinajstić information content (AvgIpc) is 3.30. The summed E-state index contributed by atoms with van der Waals surface area (Å²) >= 11 is 1.75. The highest BCUT2D eigenvalue weighted by Gasteiger charge is 2.32. The predicted molar refractivity (Wildman–Crippen MR) is 89.8 cm³/mol. The molecule has 23 heavy (non-hydrogen) atoms. The summed E-state index contributed by atoms with van der Waals surface area (Å²) in [7, 11) is 0. The Kier molecular flexibility index (Phi) is 3.72. The van der Waals surface area contributed by atoms with Crippen LogP contribution in [0.2, 0.25) is 0 Å². The van der Waals surface area contributed by atoms with Crippen LogP contribution < -0.4 is 4.90 Å². The van der Waals surface area contributed by atoms with Crippen LogP contribution in [0.25, 0.3) is 10.2 Å². The monoisotopic (exact) mass is 329 g/mol. The van der Waals surface area contributed by atoms with E-state index in [0.29, 0.717) is 5.89 Å². The summed E-state index contributed by atoms with van der Waals surface area (Å²) in [6.07, 6.45) is 5.59. The SMILES string of the molecule is CCc1nc(C2CCCN2c2ncnc3sc(CC)cc23)no1. The van der Waals surface area contributed by atoms with Gasteiger partial charge in [-0.15, -0.1) is 11.3 Å². The highest BCUT2D eigenvalue weighted by atomic mass is 32.1. The fraction of sp³-hybridized carbons (Fsp3) is 0.500. The summed E-state index contributed by atoms with van der Waals surface area (Å²) in [6, 6.07) is 2.36. The second kappa shape index (κ2) is 5.88. The first-order chi connectivity index (χ1) is 11.3. The summed E-state index contributed by atoms with van der Waals surface area (Å²) in [5.74, 6) is 2.47. The normalized spacial score (nSPS) is 18.2. The molecule has 0 saturated carbocycles. The lowest BCUT2D eigenvalue weighted by Crippen LogP contribution is -2.24. The van der Waals surface area contributed by atoms with Crippen LogP contribution in [0, 0.1) is 0 Å². The number of aryl methyl sites for hydroxylation is 2. The zero-order valence-electron chi connectivity index (χ0n) is 13.3. The number of rotatable bonds is 4. The van der Waals surface area contributed by atoms with Gasteiger partial charge in [-0.1, -0.05) is 19.0 Å². The van der Waals surface area contributed by atoms with E-state index in [1.54, 1.807) is 17.7 Å². The fourth-order valence-electron chi connectivity index (χ4n) is 3.13. The van der Waals surface area contributed by atoms with E-state index in [9.17, 15) is 0 Å². The third-order valence-corrected chi connectivity index (χ3v) is 5.50. The maximum atomic E-state index is 5.30. The number of hydrogen-bond acceptors (Lipinski definition) is 7. The molecule has 1 fully saturated rings. The molecule has 1 saturated heterocycles. The molecule has 120 valence electrons. The van der Waals surface area contributed by atoms with Crippen molar-refractivity contribution in [3.63, 3.8) is 0 Å². The van der Waals surface area contributed by atoms with Crippen molar-refractivity contribution < 1.29 is 4.52 Å². The quantitative estimate of drug-likeness (QED) is 0.729. The predicted octanol–water partition coefficient (Wildman–Crippen LogP) is 3.54. The van der Waals surface area contributed by atoms with Gasteiger partial charge in [0.25, 0.3) is 0 Å². The van der Waals surface area contributed by atoms with Crippen LogP contribution in [0.1, 0.15) is 49.3 Å². The Balaban J connectivity index is 1.75. The van der Waals surface area contributed by atoms with Gasteiger partial charge in [0.05, 0.1) is 11.4 Å². The Morgan fingerprint density at radius 1 is 1.30 bits per heavy atom. The summed E-state index contributed by atoms with van der Waals surface area (Å²) < 4.78 is 5.30. The number of aromatic nitrogens is 4. The molecule has 0 aliphatic carbocycles. The summed E-state index contributed by atoms with van der Waals surface area (Å²) in [5.41, 5.74) is 0. The molecular formula is C16H19N5OS. The van der Waals surface area contributed by atoms with Crippen LogP contribution in [0.5, 0.6) is 0 Å². The lowest BCUT2D eigenvalue weighted by atomic mass is 10.2. The number of anilines is 1. The first kappa shape index (κ1) is 14.6. The van der Waals surface area contributed by atoms with E-state index < -0.39 is 0 Å². The van der Waals surface area contributed by atoms with Crippen LogP contribution in [0.3, 0.4) is 0 Å². The second-order valence-corrected chi connectivity index (χ2v) is 6.85. The van der Waals surface area contributed by atoms with Crippen LogP contribution in [0.15, 0.2) is 16.9 Å². The van der Waals surface area contributed by atoms with Crippen LogP contribution in [-0.2, 0) is 12.8 Å². The molecule has 6 nitrogen and oxygen atoms in total. The molecule has 7 heteroatoms. The Morgan fingerprint density at radius 3 is 3.00 bits per heavy atom. The van der Waals surface area contributed by atoms with Gasteiger partial charge in [0.2, 0.25) is 5.89 Å². The van der Waals surface area contributed by atoms with Gasteiger partial charge >= 0.3 is 0 Å². The van der Waals surface area contributed by atoms with Gasteiger partial charge in [0.15, 0.2) is 5.82 Å². The zero-order chi connectivity index (χ0) is 15.8. The van der Waals surface area contributed by atoms with Gasteiger partial charge in [-0.2, -0.15) is 4.98 Å². The van der Waals surface area contributed by atoms with Crippen molar-refractivity contribution in [3.05, 3.63) is 29.0 Å². The van der Waals surface area contributed by atoms with E-state index in [0.717, 1.165) is 54.1 Å². The number of fused-ring (bicyclic) bond motifs is 1. The topological polar surface area (TPSA) is 67.9 Å². The van der Waals surface area contributed by atoms with Gasteiger partial charge in [0.1, 0.15) is 17.0 Å². The van der Waals surface area contributed by atoms with Crippen LogP contribution >= 0.6 is 11.3 Å². The van der Waals surface area contributed by atoms with Gasteiger partial charge < -0.3 is 9.42 Å². The molecule has 1 unspecified atom stereocenters. The summed E-state index contributed by atoms with van der Waals surface area (Å²) in [4.78, 5) is 18.2. The highest BCUT2D eigenvalue weighted by Crippen LogP contribution is 2.38. The fourth-order valence-corrected chi connectivity index (χ4v) is 4.06. The van der Waals surface area contributed by atoms with Crippen molar-refractivity contribution in [3.8, 4) is 0 Å². The van der Waals surface area contributed by atoms with Crippen molar-refractivity contribution in [2.45, 2.75) is 45.6 Å².